The summed E-state index contributed by atoms with van der Waals surface area (Å²) >= 11 is 0. The maximum absolute atomic E-state index is 13.6. The van der Waals surface area contributed by atoms with Gasteiger partial charge in [0.2, 0.25) is 0 Å². The van der Waals surface area contributed by atoms with E-state index in [1.54, 1.807) is 12.1 Å². The monoisotopic (exact) mass is 206 g/mol. The smallest absolute Gasteiger partial charge is 0.128 e. The average molecular weight is 206 g/mol. The zero-order valence-electron chi connectivity index (χ0n) is 8.62. The Morgan fingerprint density at radius 2 is 2.20 bits per heavy atom. The normalized spacial score (nSPS) is 28.8. The number of anilines is 1. The van der Waals surface area contributed by atoms with Crippen molar-refractivity contribution in [2.45, 2.75) is 37.9 Å². The first-order chi connectivity index (χ1) is 7.27. The Morgan fingerprint density at radius 3 is 3.07 bits per heavy atom. The Morgan fingerprint density at radius 1 is 1.33 bits per heavy atom. The molecule has 2 N–H and O–H groups in total. The van der Waals surface area contributed by atoms with Crippen LogP contribution in [0.5, 0.6) is 0 Å². The summed E-state index contributed by atoms with van der Waals surface area (Å²) in [5.41, 5.74) is 7.97. The van der Waals surface area contributed by atoms with Crippen LogP contribution in [0.25, 0.3) is 0 Å². The van der Waals surface area contributed by atoms with Crippen molar-refractivity contribution >= 4 is 5.69 Å². The molecule has 2 atom stereocenters. The fourth-order valence-corrected chi connectivity index (χ4v) is 2.91. The molecule has 1 aromatic rings. The Hall–Kier alpha value is -1.09. The molecule has 2 heterocycles. The third-order valence-electron chi connectivity index (χ3n) is 3.60. The van der Waals surface area contributed by atoms with Crippen LogP contribution >= 0.6 is 0 Å². The maximum Gasteiger partial charge on any atom is 0.128 e. The van der Waals surface area contributed by atoms with Crippen molar-refractivity contribution in [2.75, 3.05) is 4.90 Å². The van der Waals surface area contributed by atoms with Gasteiger partial charge in [-0.05, 0) is 37.8 Å². The van der Waals surface area contributed by atoms with Gasteiger partial charge in [-0.3, -0.25) is 0 Å². The predicted octanol–water partition coefficient (Wildman–Crippen LogP) is 2.03. The highest BCUT2D eigenvalue weighted by atomic mass is 19.1. The summed E-state index contributed by atoms with van der Waals surface area (Å²) in [6.07, 6.45) is 4.23. The quantitative estimate of drug-likeness (QED) is 0.703. The second-order valence-electron chi connectivity index (χ2n) is 4.50. The van der Waals surface area contributed by atoms with Crippen molar-refractivity contribution in [2.24, 2.45) is 5.73 Å². The van der Waals surface area contributed by atoms with Gasteiger partial charge in [0.15, 0.2) is 0 Å². The van der Waals surface area contributed by atoms with Gasteiger partial charge in [0, 0.05) is 17.3 Å². The summed E-state index contributed by atoms with van der Waals surface area (Å²) in [5, 5.41) is 0. The molecule has 1 fully saturated rings. The summed E-state index contributed by atoms with van der Waals surface area (Å²) in [4.78, 5) is 2.21. The van der Waals surface area contributed by atoms with E-state index >= 15 is 0 Å². The van der Waals surface area contributed by atoms with Gasteiger partial charge in [-0.2, -0.15) is 0 Å². The molecule has 80 valence electrons. The van der Waals surface area contributed by atoms with Crippen molar-refractivity contribution < 1.29 is 4.39 Å². The lowest BCUT2D eigenvalue weighted by atomic mass is 10.00. The van der Waals surface area contributed by atoms with Gasteiger partial charge >= 0.3 is 0 Å². The van der Waals surface area contributed by atoms with E-state index in [1.165, 1.54) is 0 Å². The molecule has 0 aliphatic carbocycles. The molecule has 0 spiro atoms. The Labute approximate surface area is 88.9 Å². The summed E-state index contributed by atoms with van der Waals surface area (Å²) in [6.45, 7) is 0. The first kappa shape index (κ1) is 9.16. The van der Waals surface area contributed by atoms with Crippen molar-refractivity contribution in [3.8, 4) is 0 Å². The van der Waals surface area contributed by atoms with Gasteiger partial charge in [-0.15, -0.1) is 0 Å². The molecule has 1 aromatic carbocycles. The molecular formula is C12H15FN2. The first-order valence-electron chi connectivity index (χ1n) is 5.58. The molecule has 0 aromatic heterocycles. The average Bonchev–Trinajstić information content (AvgIpc) is 2.59. The molecule has 3 rings (SSSR count). The predicted molar refractivity (Wildman–Crippen MR) is 58.2 cm³/mol. The fraction of sp³-hybridized carbons (Fsp3) is 0.500. The van der Waals surface area contributed by atoms with Crippen LogP contribution < -0.4 is 10.6 Å². The minimum absolute atomic E-state index is 0.0749. The third-order valence-corrected chi connectivity index (χ3v) is 3.60. The number of rotatable bonds is 0. The van der Waals surface area contributed by atoms with Crippen molar-refractivity contribution in [3.63, 3.8) is 0 Å². The van der Waals surface area contributed by atoms with E-state index in [0.29, 0.717) is 6.04 Å². The standard InChI is InChI=1S/C12H15FN2/c13-10-4-2-5-11-9(10)7-8-3-1-6-12(14)15(8)11/h2,4-5,8,12H,1,3,6-7,14H2. The van der Waals surface area contributed by atoms with Crippen LogP contribution in [0.1, 0.15) is 24.8 Å². The molecule has 2 aliphatic heterocycles. The fourth-order valence-electron chi connectivity index (χ4n) is 2.91. The molecule has 2 unspecified atom stereocenters. The van der Waals surface area contributed by atoms with E-state index in [0.717, 1.165) is 36.9 Å². The lowest BCUT2D eigenvalue weighted by molar-refractivity contribution is 0.400. The second-order valence-corrected chi connectivity index (χ2v) is 4.50. The molecule has 15 heavy (non-hydrogen) atoms. The van der Waals surface area contributed by atoms with E-state index in [-0.39, 0.29) is 12.0 Å². The van der Waals surface area contributed by atoms with Gasteiger partial charge in [-0.25, -0.2) is 4.39 Å². The van der Waals surface area contributed by atoms with Crippen LogP contribution in [0, 0.1) is 5.82 Å². The van der Waals surface area contributed by atoms with Crippen LogP contribution in [0.3, 0.4) is 0 Å². The third kappa shape index (κ3) is 1.26. The van der Waals surface area contributed by atoms with Gasteiger partial charge in [-0.1, -0.05) is 6.07 Å². The number of hydrogen-bond acceptors (Lipinski definition) is 2. The molecule has 0 radical (unpaired) electrons. The Bertz CT molecular complexity index is 391. The number of fused-ring (bicyclic) bond motifs is 3. The summed E-state index contributed by atoms with van der Waals surface area (Å²) in [6, 6.07) is 5.74. The molecular weight excluding hydrogens is 191 g/mol. The molecule has 0 bridgehead atoms. The van der Waals surface area contributed by atoms with E-state index in [4.69, 9.17) is 5.73 Å². The van der Waals surface area contributed by atoms with Crippen molar-refractivity contribution in [1.82, 2.24) is 0 Å². The number of benzene rings is 1. The minimum Gasteiger partial charge on any atom is -0.353 e. The van der Waals surface area contributed by atoms with E-state index in [9.17, 15) is 4.39 Å². The number of hydrogen-bond donors (Lipinski definition) is 1. The number of halogens is 1. The molecule has 2 nitrogen and oxygen atoms in total. The highest BCUT2D eigenvalue weighted by Gasteiger charge is 2.36. The largest absolute Gasteiger partial charge is 0.353 e. The minimum atomic E-state index is -0.0749. The number of nitrogens with zero attached hydrogens (tertiary/aromatic N) is 1. The first-order valence-corrected chi connectivity index (χ1v) is 5.58. The molecule has 3 heteroatoms. The van der Waals surface area contributed by atoms with Crippen LogP contribution in [-0.4, -0.2) is 12.2 Å². The Kier molecular flexibility index (Phi) is 1.96. The second kappa shape index (κ2) is 3.20. The lowest BCUT2D eigenvalue weighted by Gasteiger charge is -2.37. The van der Waals surface area contributed by atoms with Crippen LogP contribution in [-0.2, 0) is 6.42 Å². The zero-order chi connectivity index (χ0) is 10.4. The number of piperidine rings is 1. The van der Waals surface area contributed by atoms with E-state index in [2.05, 4.69) is 4.90 Å². The molecule has 0 amide bonds. The van der Waals surface area contributed by atoms with Crippen LogP contribution in [0.15, 0.2) is 18.2 Å². The summed E-state index contributed by atoms with van der Waals surface area (Å²) in [5.74, 6) is -0.0749. The topological polar surface area (TPSA) is 29.3 Å². The van der Waals surface area contributed by atoms with E-state index in [1.807, 2.05) is 6.07 Å². The van der Waals surface area contributed by atoms with Gasteiger partial charge in [0.25, 0.3) is 0 Å². The molecule has 0 saturated carbocycles. The zero-order valence-corrected chi connectivity index (χ0v) is 8.62. The van der Waals surface area contributed by atoms with Crippen molar-refractivity contribution in [1.29, 1.82) is 0 Å². The molecule has 2 aliphatic rings. The maximum atomic E-state index is 13.6. The van der Waals surface area contributed by atoms with E-state index < -0.39 is 0 Å². The van der Waals surface area contributed by atoms with Crippen LogP contribution in [0.4, 0.5) is 10.1 Å². The summed E-state index contributed by atoms with van der Waals surface area (Å²) < 4.78 is 13.6. The van der Waals surface area contributed by atoms with Gasteiger partial charge in [0.05, 0.1) is 6.17 Å². The van der Waals surface area contributed by atoms with Gasteiger partial charge < -0.3 is 10.6 Å². The van der Waals surface area contributed by atoms with Crippen molar-refractivity contribution in [3.05, 3.63) is 29.6 Å². The highest BCUT2D eigenvalue weighted by Crippen LogP contribution is 2.39. The van der Waals surface area contributed by atoms with Crippen LogP contribution in [0.2, 0.25) is 0 Å². The molecule has 1 saturated heterocycles. The SMILES string of the molecule is NC1CCCC2Cc3c(F)cccc3N12. The highest BCUT2D eigenvalue weighted by molar-refractivity contribution is 5.60. The number of nitrogens with two attached hydrogens (primary N) is 1. The van der Waals surface area contributed by atoms with Gasteiger partial charge in [0.1, 0.15) is 5.82 Å². The lowest BCUT2D eigenvalue weighted by Crippen LogP contribution is -2.49. The summed E-state index contributed by atoms with van der Waals surface area (Å²) in [7, 11) is 0. The Balaban J connectivity index is 2.07.